The number of aliphatic carboxylic acids is 1. The average molecular weight is 395 g/mol. The van der Waals surface area contributed by atoms with Crippen LogP contribution in [-0.4, -0.2) is 36.7 Å². The van der Waals surface area contributed by atoms with Gasteiger partial charge in [-0.3, -0.25) is 0 Å². The predicted molar refractivity (Wildman–Crippen MR) is 89.5 cm³/mol. The molecule has 1 aromatic carbocycles. The van der Waals surface area contributed by atoms with E-state index >= 15 is 0 Å². The molecule has 1 heterocycles. The van der Waals surface area contributed by atoms with Gasteiger partial charge in [-0.15, -0.1) is 0 Å². The summed E-state index contributed by atoms with van der Waals surface area (Å²) < 4.78 is 18.9. The van der Waals surface area contributed by atoms with Crippen molar-refractivity contribution < 1.29 is 19.0 Å². The molecule has 24 heavy (non-hydrogen) atoms. The molecule has 5 nitrogen and oxygen atoms in total. The Hall–Kier alpha value is -2.17. The highest BCUT2D eigenvalue weighted by atomic mass is 79.9. The van der Waals surface area contributed by atoms with E-state index < -0.39 is 17.7 Å². The number of halogens is 2. The van der Waals surface area contributed by atoms with Crippen LogP contribution in [0.15, 0.2) is 45.7 Å². The highest BCUT2D eigenvalue weighted by Gasteiger charge is 2.35. The lowest BCUT2D eigenvalue weighted by atomic mass is 9.81. The lowest BCUT2D eigenvalue weighted by Crippen LogP contribution is -2.28. The van der Waals surface area contributed by atoms with Gasteiger partial charge in [0.25, 0.3) is 0 Å². The molecule has 1 N–H and O–H groups in total. The van der Waals surface area contributed by atoms with E-state index in [1.54, 1.807) is 18.1 Å². The summed E-state index contributed by atoms with van der Waals surface area (Å²) in [6, 6.07) is 6.07. The molecular formula is C17H16BrFN2O3. The molecule has 1 unspecified atom stereocenters. The summed E-state index contributed by atoms with van der Waals surface area (Å²) in [5.41, 5.74) is 1.47. The van der Waals surface area contributed by atoms with Crippen molar-refractivity contribution in [2.24, 2.45) is 0 Å². The van der Waals surface area contributed by atoms with E-state index in [0.29, 0.717) is 28.8 Å². The topological polar surface area (TPSA) is 73.6 Å². The summed E-state index contributed by atoms with van der Waals surface area (Å²) in [6.45, 7) is 0.351. The number of benzene rings is 1. The van der Waals surface area contributed by atoms with E-state index in [1.165, 1.54) is 25.3 Å². The minimum absolute atomic E-state index is 0.0981. The van der Waals surface area contributed by atoms with Crippen LogP contribution < -0.4 is 0 Å². The Morgan fingerprint density at radius 3 is 2.79 bits per heavy atom. The van der Waals surface area contributed by atoms with Gasteiger partial charge < -0.3 is 14.7 Å². The van der Waals surface area contributed by atoms with Gasteiger partial charge >= 0.3 is 5.97 Å². The number of nitrogens with zero attached hydrogens (tertiary/aromatic N) is 2. The Labute approximate surface area is 147 Å². The number of carboxylic acids is 1. The molecule has 1 aromatic rings. The third-order valence-electron chi connectivity index (χ3n) is 3.85. The number of hydrogen-bond donors (Lipinski definition) is 1. The number of carboxylic acid groups (broad SMARTS) is 1. The smallest absolute Gasteiger partial charge is 0.334 e. The Morgan fingerprint density at radius 1 is 1.54 bits per heavy atom. The summed E-state index contributed by atoms with van der Waals surface area (Å²) in [4.78, 5) is 13.6. The maximum Gasteiger partial charge on any atom is 0.334 e. The fourth-order valence-electron chi connectivity index (χ4n) is 2.78. The molecule has 0 fully saturated rings. The van der Waals surface area contributed by atoms with Crippen LogP contribution in [0.1, 0.15) is 17.9 Å². The molecule has 0 spiro atoms. The first-order valence-corrected chi connectivity index (χ1v) is 7.94. The highest BCUT2D eigenvalue weighted by molar-refractivity contribution is 9.10. The van der Waals surface area contributed by atoms with Gasteiger partial charge in [0.15, 0.2) is 0 Å². The standard InChI is InChI=1S/C17H16BrFN2O3/c1-21-9-10(8-20)15(12-4-3-11(19)7-13(12)18)16(17(22)23)14(21)5-6-24-2/h3-4,7,9,15H,5-6H2,1-2H3,(H,22,23). The lowest BCUT2D eigenvalue weighted by molar-refractivity contribution is -0.133. The molecule has 126 valence electrons. The van der Waals surface area contributed by atoms with Crippen LogP contribution in [0.5, 0.6) is 0 Å². The predicted octanol–water partition coefficient (Wildman–Crippen LogP) is 3.40. The fourth-order valence-corrected chi connectivity index (χ4v) is 3.36. The average Bonchev–Trinajstić information content (AvgIpc) is 2.53. The van der Waals surface area contributed by atoms with Crippen molar-refractivity contribution in [1.82, 2.24) is 4.90 Å². The van der Waals surface area contributed by atoms with E-state index in [2.05, 4.69) is 22.0 Å². The van der Waals surface area contributed by atoms with Gasteiger partial charge in [-0.1, -0.05) is 22.0 Å². The van der Waals surface area contributed by atoms with Gasteiger partial charge in [0.2, 0.25) is 0 Å². The first-order valence-electron chi connectivity index (χ1n) is 7.15. The van der Waals surface area contributed by atoms with Crippen LogP contribution >= 0.6 is 15.9 Å². The van der Waals surface area contributed by atoms with Gasteiger partial charge in [0, 0.05) is 36.9 Å². The maximum absolute atomic E-state index is 13.4. The molecule has 0 amide bonds. The number of ether oxygens (including phenoxy) is 1. The maximum atomic E-state index is 13.4. The number of methoxy groups -OCH3 is 1. The molecule has 1 aliphatic heterocycles. The zero-order valence-electron chi connectivity index (χ0n) is 13.2. The Kier molecular flexibility index (Phi) is 5.75. The number of allylic oxidation sites excluding steroid dienone is 1. The molecule has 0 bridgehead atoms. The van der Waals surface area contributed by atoms with Crippen molar-refractivity contribution in [3.63, 3.8) is 0 Å². The van der Waals surface area contributed by atoms with Crippen LogP contribution in [0.3, 0.4) is 0 Å². The first-order chi connectivity index (χ1) is 11.4. The van der Waals surface area contributed by atoms with Crippen LogP contribution in [-0.2, 0) is 9.53 Å². The molecule has 0 aliphatic carbocycles. The van der Waals surface area contributed by atoms with Crippen molar-refractivity contribution >= 4 is 21.9 Å². The Bertz CT molecular complexity index is 768. The van der Waals surface area contributed by atoms with Crippen LogP contribution in [0, 0.1) is 17.1 Å². The first kappa shape index (κ1) is 18.2. The summed E-state index contributed by atoms with van der Waals surface area (Å²) in [5.74, 6) is -2.33. The van der Waals surface area contributed by atoms with Gasteiger partial charge in [-0.2, -0.15) is 5.26 Å². The number of rotatable bonds is 5. The second-order valence-corrected chi connectivity index (χ2v) is 6.17. The summed E-state index contributed by atoms with van der Waals surface area (Å²) in [7, 11) is 3.23. The van der Waals surface area contributed by atoms with Crippen molar-refractivity contribution in [3.8, 4) is 6.07 Å². The fraction of sp³-hybridized carbons (Fsp3) is 0.294. The monoisotopic (exact) mass is 394 g/mol. The molecule has 0 aromatic heterocycles. The largest absolute Gasteiger partial charge is 0.478 e. The molecule has 0 saturated heterocycles. The molecule has 7 heteroatoms. The van der Waals surface area contributed by atoms with E-state index in [1.807, 2.05) is 0 Å². The van der Waals surface area contributed by atoms with Crippen LogP contribution in [0.25, 0.3) is 0 Å². The van der Waals surface area contributed by atoms with E-state index in [4.69, 9.17) is 4.74 Å². The zero-order chi connectivity index (χ0) is 17.9. The van der Waals surface area contributed by atoms with E-state index in [-0.39, 0.29) is 11.1 Å². The number of hydrogen-bond acceptors (Lipinski definition) is 4. The highest BCUT2D eigenvalue weighted by Crippen LogP contribution is 2.41. The van der Waals surface area contributed by atoms with Crippen molar-refractivity contribution in [1.29, 1.82) is 5.26 Å². The number of nitriles is 1. The number of carbonyl (C=O) groups is 1. The molecule has 0 radical (unpaired) electrons. The van der Waals surface area contributed by atoms with Gasteiger partial charge in [-0.05, 0) is 17.7 Å². The van der Waals surface area contributed by atoms with Gasteiger partial charge in [0.05, 0.1) is 29.7 Å². The quantitative estimate of drug-likeness (QED) is 0.828. The normalized spacial score (nSPS) is 17.5. The minimum Gasteiger partial charge on any atom is -0.478 e. The molecule has 0 saturated carbocycles. The summed E-state index contributed by atoms with van der Waals surface area (Å²) >= 11 is 3.27. The van der Waals surface area contributed by atoms with E-state index in [0.717, 1.165) is 0 Å². The molecular weight excluding hydrogens is 379 g/mol. The molecule has 1 aliphatic rings. The Balaban J connectivity index is 2.66. The molecule has 1 atom stereocenters. The lowest BCUT2D eigenvalue weighted by Gasteiger charge is -2.32. The summed E-state index contributed by atoms with van der Waals surface area (Å²) in [6.07, 6.45) is 2.00. The third kappa shape index (κ3) is 3.50. The van der Waals surface area contributed by atoms with Crippen molar-refractivity contribution in [2.75, 3.05) is 20.8 Å². The minimum atomic E-state index is -1.12. The Morgan fingerprint density at radius 2 is 2.25 bits per heavy atom. The van der Waals surface area contributed by atoms with Crippen LogP contribution in [0.4, 0.5) is 4.39 Å². The second-order valence-electron chi connectivity index (χ2n) is 5.31. The van der Waals surface area contributed by atoms with Crippen LogP contribution in [0.2, 0.25) is 0 Å². The van der Waals surface area contributed by atoms with E-state index in [9.17, 15) is 19.6 Å². The molecule has 2 rings (SSSR count). The van der Waals surface area contributed by atoms with Crippen molar-refractivity contribution in [3.05, 3.63) is 57.1 Å². The summed E-state index contributed by atoms with van der Waals surface area (Å²) in [5, 5.41) is 19.2. The third-order valence-corrected chi connectivity index (χ3v) is 4.53. The second kappa shape index (κ2) is 7.60. The van der Waals surface area contributed by atoms with Crippen molar-refractivity contribution in [2.45, 2.75) is 12.3 Å². The SMILES string of the molecule is COCCC1=C(C(=O)O)C(c2ccc(F)cc2Br)C(C#N)=CN1C. The van der Waals surface area contributed by atoms with Gasteiger partial charge in [-0.25, -0.2) is 9.18 Å². The van der Waals surface area contributed by atoms with Gasteiger partial charge in [0.1, 0.15) is 5.82 Å². The zero-order valence-corrected chi connectivity index (χ0v) is 14.8.